The van der Waals surface area contributed by atoms with Gasteiger partial charge in [-0.25, -0.2) is 4.98 Å². The summed E-state index contributed by atoms with van der Waals surface area (Å²) < 4.78 is 6.94. The SMILES string of the molecule is CCOc1ccccc1CN(C)C(=O)Cn1cnc2ccccc2c1=O. The van der Waals surface area contributed by atoms with Crippen molar-refractivity contribution in [3.05, 3.63) is 70.8 Å². The molecular formula is C20H21N3O3. The number of aromatic nitrogens is 2. The van der Waals surface area contributed by atoms with E-state index in [4.69, 9.17) is 4.74 Å². The summed E-state index contributed by atoms with van der Waals surface area (Å²) in [5.74, 6) is 0.592. The van der Waals surface area contributed by atoms with Gasteiger partial charge in [-0.05, 0) is 25.1 Å². The molecule has 1 amide bonds. The number of hydrogen-bond acceptors (Lipinski definition) is 4. The molecule has 2 aromatic carbocycles. The highest BCUT2D eigenvalue weighted by molar-refractivity contribution is 5.78. The standard InChI is InChI=1S/C20H21N3O3/c1-3-26-18-11-7-4-8-15(18)12-22(2)19(24)13-23-14-21-17-10-6-5-9-16(17)20(23)25/h4-11,14H,3,12-13H2,1-2H3. The van der Waals surface area contributed by atoms with Crippen LogP contribution in [0.25, 0.3) is 10.9 Å². The molecule has 6 heteroatoms. The number of hydrogen-bond donors (Lipinski definition) is 0. The fourth-order valence-electron chi connectivity index (χ4n) is 2.76. The van der Waals surface area contributed by atoms with Crippen molar-refractivity contribution in [2.75, 3.05) is 13.7 Å². The van der Waals surface area contributed by atoms with Gasteiger partial charge in [0, 0.05) is 19.2 Å². The molecule has 26 heavy (non-hydrogen) atoms. The summed E-state index contributed by atoms with van der Waals surface area (Å²) in [5.41, 5.74) is 1.33. The number of carbonyl (C=O) groups excluding carboxylic acids is 1. The fraction of sp³-hybridized carbons (Fsp3) is 0.250. The van der Waals surface area contributed by atoms with E-state index in [1.807, 2.05) is 37.3 Å². The monoisotopic (exact) mass is 351 g/mol. The van der Waals surface area contributed by atoms with Crippen LogP contribution in [0, 0.1) is 0 Å². The Kier molecular flexibility index (Phi) is 5.31. The quantitative estimate of drug-likeness (QED) is 0.684. The van der Waals surface area contributed by atoms with E-state index in [1.54, 1.807) is 30.1 Å². The highest BCUT2D eigenvalue weighted by Gasteiger charge is 2.14. The summed E-state index contributed by atoms with van der Waals surface area (Å²) in [6.45, 7) is 2.84. The highest BCUT2D eigenvalue weighted by atomic mass is 16.5. The summed E-state index contributed by atoms with van der Waals surface area (Å²) in [5, 5.41) is 0.507. The van der Waals surface area contributed by atoms with E-state index in [-0.39, 0.29) is 18.0 Å². The number of rotatable bonds is 6. The molecule has 1 aromatic heterocycles. The van der Waals surface area contributed by atoms with Crippen LogP contribution in [0.5, 0.6) is 5.75 Å². The molecule has 0 saturated heterocycles. The Morgan fingerprint density at radius 2 is 1.88 bits per heavy atom. The number of benzene rings is 2. The average molecular weight is 351 g/mol. The van der Waals surface area contributed by atoms with Crippen molar-refractivity contribution >= 4 is 16.8 Å². The number of para-hydroxylation sites is 2. The number of fused-ring (bicyclic) bond motifs is 1. The lowest BCUT2D eigenvalue weighted by Crippen LogP contribution is -2.33. The summed E-state index contributed by atoms with van der Waals surface area (Å²) in [6.07, 6.45) is 1.42. The van der Waals surface area contributed by atoms with Crippen molar-refractivity contribution < 1.29 is 9.53 Å². The molecule has 3 rings (SSSR count). The maximum atomic E-state index is 12.6. The largest absolute Gasteiger partial charge is 0.494 e. The Balaban J connectivity index is 1.76. The number of likely N-dealkylation sites (N-methyl/N-ethyl adjacent to an activating group) is 1. The molecule has 0 aliphatic rings. The molecule has 0 N–H and O–H groups in total. The van der Waals surface area contributed by atoms with Crippen molar-refractivity contribution in [2.24, 2.45) is 0 Å². The summed E-state index contributed by atoms with van der Waals surface area (Å²) in [6, 6.07) is 14.7. The van der Waals surface area contributed by atoms with Gasteiger partial charge in [-0.1, -0.05) is 30.3 Å². The van der Waals surface area contributed by atoms with Crippen LogP contribution in [0.3, 0.4) is 0 Å². The number of amides is 1. The molecule has 0 aliphatic heterocycles. The second kappa shape index (κ2) is 7.82. The molecule has 0 bridgehead atoms. The Labute approximate surface area is 151 Å². The molecule has 134 valence electrons. The van der Waals surface area contributed by atoms with Gasteiger partial charge in [0.2, 0.25) is 5.91 Å². The molecule has 0 atom stereocenters. The van der Waals surface area contributed by atoms with E-state index in [0.717, 1.165) is 11.3 Å². The summed E-state index contributed by atoms with van der Waals surface area (Å²) in [4.78, 5) is 30.9. The Hall–Kier alpha value is -3.15. The van der Waals surface area contributed by atoms with Crippen LogP contribution in [0.1, 0.15) is 12.5 Å². The topological polar surface area (TPSA) is 64.4 Å². The number of carbonyl (C=O) groups is 1. The zero-order chi connectivity index (χ0) is 18.5. The molecule has 0 spiro atoms. The normalized spacial score (nSPS) is 10.7. The fourth-order valence-corrected chi connectivity index (χ4v) is 2.76. The zero-order valence-corrected chi connectivity index (χ0v) is 14.9. The predicted molar refractivity (Wildman–Crippen MR) is 100 cm³/mol. The lowest BCUT2D eigenvalue weighted by atomic mass is 10.2. The Morgan fingerprint density at radius 1 is 1.15 bits per heavy atom. The van der Waals surface area contributed by atoms with Gasteiger partial charge in [0.15, 0.2) is 0 Å². The van der Waals surface area contributed by atoms with E-state index in [2.05, 4.69) is 4.98 Å². The van der Waals surface area contributed by atoms with Crippen molar-refractivity contribution in [1.29, 1.82) is 0 Å². The minimum Gasteiger partial charge on any atom is -0.494 e. The first-order chi connectivity index (χ1) is 12.6. The van der Waals surface area contributed by atoms with E-state index in [0.29, 0.717) is 24.1 Å². The lowest BCUT2D eigenvalue weighted by Gasteiger charge is -2.19. The average Bonchev–Trinajstić information content (AvgIpc) is 2.66. The highest BCUT2D eigenvalue weighted by Crippen LogP contribution is 2.19. The van der Waals surface area contributed by atoms with Gasteiger partial charge in [0.1, 0.15) is 12.3 Å². The van der Waals surface area contributed by atoms with Crippen LogP contribution in [-0.2, 0) is 17.9 Å². The van der Waals surface area contributed by atoms with Crippen LogP contribution in [0.4, 0.5) is 0 Å². The third kappa shape index (κ3) is 3.74. The van der Waals surface area contributed by atoms with Crippen molar-refractivity contribution in [1.82, 2.24) is 14.5 Å². The third-order valence-corrected chi connectivity index (χ3v) is 4.14. The van der Waals surface area contributed by atoms with Gasteiger partial charge in [-0.3, -0.25) is 14.2 Å². The third-order valence-electron chi connectivity index (χ3n) is 4.14. The van der Waals surface area contributed by atoms with Crippen LogP contribution in [0.2, 0.25) is 0 Å². The molecule has 6 nitrogen and oxygen atoms in total. The van der Waals surface area contributed by atoms with Gasteiger partial charge in [0.05, 0.1) is 23.8 Å². The molecule has 0 saturated carbocycles. The van der Waals surface area contributed by atoms with E-state index in [1.165, 1.54) is 10.9 Å². The minimum atomic E-state index is -0.216. The van der Waals surface area contributed by atoms with Crippen LogP contribution < -0.4 is 10.3 Å². The molecule has 3 aromatic rings. The molecular weight excluding hydrogens is 330 g/mol. The maximum Gasteiger partial charge on any atom is 0.261 e. The molecule has 0 aliphatic carbocycles. The lowest BCUT2D eigenvalue weighted by molar-refractivity contribution is -0.131. The van der Waals surface area contributed by atoms with Crippen LogP contribution >= 0.6 is 0 Å². The first-order valence-electron chi connectivity index (χ1n) is 8.49. The molecule has 1 heterocycles. The molecule has 0 unspecified atom stereocenters. The number of ether oxygens (including phenoxy) is 1. The van der Waals surface area contributed by atoms with Gasteiger partial charge < -0.3 is 9.64 Å². The van der Waals surface area contributed by atoms with E-state index >= 15 is 0 Å². The smallest absolute Gasteiger partial charge is 0.261 e. The van der Waals surface area contributed by atoms with E-state index < -0.39 is 0 Å². The van der Waals surface area contributed by atoms with Crippen molar-refractivity contribution in [3.8, 4) is 5.75 Å². The molecule has 0 fully saturated rings. The minimum absolute atomic E-state index is 0.0516. The van der Waals surface area contributed by atoms with Crippen molar-refractivity contribution in [3.63, 3.8) is 0 Å². The second-order valence-electron chi connectivity index (χ2n) is 5.99. The van der Waals surface area contributed by atoms with Gasteiger partial charge >= 0.3 is 0 Å². The summed E-state index contributed by atoms with van der Waals surface area (Å²) >= 11 is 0. The zero-order valence-electron chi connectivity index (χ0n) is 14.9. The first-order valence-corrected chi connectivity index (χ1v) is 8.49. The van der Waals surface area contributed by atoms with Gasteiger partial charge in [-0.2, -0.15) is 0 Å². The summed E-state index contributed by atoms with van der Waals surface area (Å²) in [7, 11) is 1.71. The van der Waals surface area contributed by atoms with Gasteiger partial charge in [0.25, 0.3) is 5.56 Å². The number of nitrogens with zero attached hydrogens (tertiary/aromatic N) is 3. The van der Waals surface area contributed by atoms with Crippen LogP contribution in [-0.4, -0.2) is 34.0 Å². The molecule has 0 radical (unpaired) electrons. The van der Waals surface area contributed by atoms with Crippen molar-refractivity contribution in [2.45, 2.75) is 20.0 Å². The van der Waals surface area contributed by atoms with Crippen LogP contribution in [0.15, 0.2) is 59.7 Å². The Morgan fingerprint density at radius 3 is 2.69 bits per heavy atom. The Bertz CT molecular complexity index is 981. The predicted octanol–water partition coefficient (Wildman–Crippen LogP) is 2.45. The second-order valence-corrected chi connectivity index (χ2v) is 5.99. The van der Waals surface area contributed by atoms with Gasteiger partial charge in [-0.15, -0.1) is 0 Å². The maximum absolute atomic E-state index is 12.6. The first kappa shape index (κ1) is 17.7. The van der Waals surface area contributed by atoms with E-state index in [9.17, 15) is 9.59 Å².